The van der Waals surface area contributed by atoms with E-state index in [1.54, 1.807) is 11.3 Å². The largest absolute Gasteiger partial charge is 0.415 e. The highest BCUT2D eigenvalue weighted by atomic mass is 35.7. The Morgan fingerprint density at radius 3 is 1.37 bits per heavy atom. The highest BCUT2D eigenvalue weighted by Gasteiger charge is 2.21. The number of benzene rings is 2. The lowest BCUT2D eigenvalue weighted by molar-refractivity contribution is -2.00. The van der Waals surface area contributed by atoms with Gasteiger partial charge in [-0.15, -0.1) is 20.5 Å². The van der Waals surface area contributed by atoms with Crippen LogP contribution in [0, 0.1) is 48.2 Å². The molecule has 0 N–H and O–H groups in total. The summed E-state index contributed by atoms with van der Waals surface area (Å²) in [6.45, 7) is 9.65. The zero-order chi connectivity index (χ0) is 34.1. The lowest BCUT2D eigenvalue weighted by Gasteiger charge is -2.17. The normalized spacial score (nSPS) is 11.3. The first kappa shape index (κ1) is 37.0. The summed E-state index contributed by atoms with van der Waals surface area (Å²) in [7, 11) is -9.89. The van der Waals surface area contributed by atoms with Crippen molar-refractivity contribution in [2.75, 3.05) is 0 Å². The Kier molecular flexibility index (Phi) is 13.2. The van der Waals surface area contributed by atoms with Crippen LogP contribution in [0.25, 0.3) is 27.4 Å². The van der Waals surface area contributed by atoms with Crippen molar-refractivity contribution in [1.82, 2.24) is 10.2 Å². The van der Waals surface area contributed by atoms with Crippen molar-refractivity contribution in [1.29, 1.82) is 0 Å². The maximum absolute atomic E-state index is 8.49. The smallest absolute Gasteiger partial charge is 0.222 e. The van der Waals surface area contributed by atoms with Crippen LogP contribution >= 0.6 is 11.3 Å². The number of nitrogens with zero attached hydrogens (tertiary/aromatic N) is 4. The van der Waals surface area contributed by atoms with Gasteiger partial charge in [-0.3, -0.25) is 0 Å². The molecule has 0 aliphatic rings. The van der Waals surface area contributed by atoms with Crippen LogP contribution < -0.4 is 46.4 Å². The first-order valence-corrected chi connectivity index (χ1v) is 17.0. The molecular weight excluding hydrogens is 659 g/mol. The summed E-state index contributed by atoms with van der Waals surface area (Å²) in [5.74, 6) is 0. The molecule has 0 radical (unpaired) electrons. The third-order valence-electron chi connectivity index (χ3n) is 6.65. The van der Waals surface area contributed by atoms with E-state index in [1.165, 1.54) is 33.6 Å². The van der Waals surface area contributed by atoms with Gasteiger partial charge < -0.3 is 0 Å². The Balaban J connectivity index is 0.000000503. The molecule has 2 aromatic carbocycles. The molecule has 46 heavy (non-hydrogen) atoms. The topological polar surface area (TPSA) is 218 Å². The summed E-state index contributed by atoms with van der Waals surface area (Å²) in [4.78, 5) is 0. The molecule has 5 aromatic rings. The minimum atomic E-state index is -4.94. The Hall–Kier alpha value is -3.44. The molecule has 3 aromatic heterocycles. The molecule has 0 unspecified atom stereocenters. The van der Waals surface area contributed by atoms with Gasteiger partial charge in [-0.2, -0.15) is 4.57 Å². The van der Waals surface area contributed by atoms with E-state index in [-0.39, 0.29) is 0 Å². The van der Waals surface area contributed by atoms with E-state index >= 15 is 0 Å². The quantitative estimate of drug-likeness (QED) is 0.156. The Morgan fingerprint density at radius 2 is 0.957 bits per heavy atom. The molecule has 12 nitrogen and oxygen atoms in total. The van der Waals surface area contributed by atoms with Gasteiger partial charge in [0.25, 0.3) is 0 Å². The lowest BCUT2D eigenvalue weighted by Crippen LogP contribution is -2.68. The maximum Gasteiger partial charge on any atom is 0.415 e. The molecule has 0 aliphatic carbocycles. The third kappa shape index (κ3) is 12.4. The monoisotopic (exact) mass is 690 g/mol. The SMILES string of the molecule is Cc1cc(-c2ccccc2)cc(C)[n+]1CCCc1nnc(-[n+]2c(C)cc(-c3ccccc3)cc2C)s1.[O-][Cl+3]([O-])([O-])[O-].[O-][Cl+3]([O-])([O-])[O-]. The fourth-order valence-electron chi connectivity index (χ4n) is 4.90. The molecular formula is C31H32Cl2N4O8S. The second-order valence-electron chi connectivity index (χ2n) is 10.1. The van der Waals surface area contributed by atoms with Crippen LogP contribution in [0.3, 0.4) is 0 Å². The highest BCUT2D eigenvalue weighted by Crippen LogP contribution is 2.22. The van der Waals surface area contributed by atoms with E-state index in [0.717, 1.165) is 40.9 Å². The maximum atomic E-state index is 8.49. The van der Waals surface area contributed by atoms with E-state index < -0.39 is 20.5 Å². The molecule has 0 spiro atoms. The minimum Gasteiger partial charge on any atom is -0.222 e. The molecule has 0 atom stereocenters. The van der Waals surface area contributed by atoms with E-state index in [9.17, 15) is 0 Å². The summed E-state index contributed by atoms with van der Waals surface area (Å²) in [6, 6.07) is 30.1. The van der Waals surface area contributed by atoms with Crippen LogP contribution in [0.5, 0.6) is 0 Å². The van der Waals surface area contributed by atoms with Crippen molar-refractivity contribution in [3.8, 4) is 27.4 Å². The number of halogens is 2. The van der Waals surface area contributed by atoms with Gasteiger partial charge in [-0.1, -0.05) is 60.7 Å². The van der Waals surface area contributed by atoms with Crippen molar-refractivity contribution >= 4 is 11.3 Å². The third-order valence-corrected chi connectivity index (χ3v) is 7.62. The number of aromatic nitrogens is 4. The molecule has 0 fully saturated rings. The number of rotatable bonds is 7. The van der Waals surface area contributed by atoms with Gasteiger partial charge in [0, 0.05) is 38.8 Å². The van der Waals surface area contributed by atoms with Crippen LogP contribution in [-0.4, -0.2) is 10.2 Å². The fourth-order valence-corrected chi connectivity index (χ4v) is 5.90. The van der Waals surface area contributed by atoms with Crippen molar-refractivity contribution in [2.24, 2.45) is 0 Å². The van der Waals surface area contributed by atoms with Gasteiger partial charge in [0.05, 0.1) is 5.10 Å². The van der Waals surface area contributed by atoms with Gasteiger partial charge in [-0.05, 0) is 64.7 Å². The second kappa shape index (κ2) is 16.4. The van der Waals surface area contributed by atoms with Gasteiger partial charge in [0.1, 0.15) is 22.9 Å². The molecule has 15 heteroatoms. The van der Waals surface area contributed by atoms with Crippen LogP contribution in [0.4, 0.5) is 0 Å². The average molecular weight is 692 g/mol. The van der Waals surface area contributed by atoms with E-state index in [1.807, 2.05) is 0 Å². The average Bonchev–Trinajstić information content (AvgIpc) is 3.41. The van der Waals surface area contributed by atoms with Gasteiger partial charge >= 0.3 is 5.13 Å². The molecule has 0 saturated carbocycles. The van der Waals surface area contributed by atoms with E-state index in [2.05, 4.69) is 132 Å². The first-order chi connectivity index (χ1) is 21.5. The summed E-state index contributed by atoms with van der Waals surface area (Å²) in [5, 5.41) is 11.1. The van der Waals surface area contributed by atoms with Gasteiger partial charge in [0.2, 0.25) is 0 Å². The van der Waals surface area contributed by atoms with Crippen LogP contribution in [0.1, 0.15) is 34.2 Å². The molecule has 0 amide bonds. The zero-order valence-electron chi connectivity index (χ0n) is 25.4. The molecule has 0 saturated heterocycles. The summed E-state index contributed by atoms with van der Waals surface area (Å²) in [6.07, 6.45) is 1.95. The molecule has 0 aliphatic heterocycles. The van der Waals surface area contributed by atoms with Crippen molar-refractivity contribution in [3.05, 3.63) is 113 Å². The first-order valence-electron chi connectivity index (χ1n) is 13.7. The number of aryl methyl sites for hydroxylation is 5. The van der Waals surface area contributed by atoms with Gasteiger partial charge in [0.15, 0.2) is 11.4 Å². The summed E-state index contributed by atoms with van der Waals surface area (Å²) >= 11 is 1.69. The van der Waals surface area contributed by atoms with E-state index in [4.69, 9.17) is 37.3 Å². The summed E-state index contributed by atoms with van der Waals surface area (Å²) in [5.41, 5.74) is 9.89. The molecule has 0 bridgehead atoms. The molecule has 5 rings (SSSR count). The van der Waals surface area contributed by atoms with Crippen molar-refractivity contribution < 1.29 is 66.9 Å². The van der Waals surface area contributed by atoms with Crippen LogP contribution in [-0.2, 0) is 13.0 Å². The number of pyridine rings is 2. The number of hydrogen-bond acceptors (Lipinski definition) is 11. The summed E-state index contributed by atoms with van der Waals surface area (Å²) < 4.78 is 72.6. The minimum absolute atomic E-state index is 0.921. The standard InChI is InChI=1S/C31H32N4S.2ClHO4/c1-22-18-28(26-12-7-5-8-13-26)19-23(2)34(22)17-11-16-30-32-33-31(36-30)35-24(3)20-29(21-25(35)4)27-14-9-6-10-15-27;2*2-1(3,4)5/h5-10,12-15,18-21H,11,16-17H2,1-4H3;2*(H,2,3,4,5)/q+2;;/p-2. The zero-order valence-corrected chi connectivity index (χ0v) is 27.8. The predicted octanol–water partition coefficient (Wildman–Crippen LogP) is -3.21. The van der Waals surface area contributed by atoms with Crippen LogP contribution in [0.2, 0.25) is 0 Å². The van der Waals surface area contributed by atoms with Crippen molar-refractivity contribution in [3.63, 3.8) is 0 Å². The second-order valence-corrected chi connectivity index (χ2v) is 12.7. The molecule has 3 heterocycles. The Labute approximate surface area is 274 Å². The predicted molar refractivity (Wildman–Crippen MR) is 146 cm³/mol. The Bertz CT molecular complexity index is 1640. The highest BCUT2D eigenvalue weighted by molar-refractivity contribution is 7.13. The fraction of sp³-hybridized carbons (Fsp3) is 0.226. The number of hydrogen-bond donors (Lipinski definition) is 0. The van der Waals surface area contributed by atoms with E-state index in [0.29, 0.717) is 0 Å². The van der Waals surface area contributed by atoms with Gasteiger partial charge in [-0.25, -0.2) is 41.8 Å². The van der Waals surface area contributed by atoms with Crippen LogP contribution in [0.15, 0.2) is 84.9 Å². The Morgan fingerprint density at radius 1 is 0.565 bits per heavy atom. The lowest BCUT2D eigenvalue weighted by atomic mass is 10.0. The molecule has 244 valence electrons. The van der Waals surface area contributed by atoms with Crippen molar-refractivity contribution in [2.45, 2.75) is 47.1 Å².